The first-order valence-electron chi connectivity index (χ1n) is 8.42. The smallest absolute Gasteiger partial charge is 0.316 e. The van der Waals surface area contributed by atoms with Gasteiger partial charge in [0.2, 0.25) is 11.8 Å². The van der Waals surface area contributed by atoms with Crippen LogP contribution in [0.4, 0.5) is 9.18 Å². The molecular formula is C16H25FN6O3. The first-order chi connectivity index (χ1) is 12.3. The van der Waals surface area contributed by atoms with Gasteiger partial charge >= 0.3 is 6.03 Å². The van der Waals surface area contributed by atoms with Crippen LogP contribution in [0.15, 0.2) is 12.5 Å². The van der Waals surface area contributed by atoms with E-state index in [1.54, 1.807) is 20.3 Å². The SMILES string of the molecule is CC(=O)N[C@@H](Cc1cnc[nH]1)C(=O)N1C[C@@H](F)C[C@H]1CNC(=O)N(C)C. The number of imidazole rings is 1. The van der Waals surface area contributed by atoms with Crippen molar-refractivity contribution < 1.29 is 18.8 Å². The van der Waals surface area contributed by atoms with Gasteiger partial charge in [-0.1, -0.05) is 0 Å². The third-order valence-corrected chi connectivity index (χ3v) is 4.20. The van der Waals surface area contributed by atoms with Crippen LogP contribution in [0, 0.1) is 0 Å². The minimum absolute atomic E-state index is 0.0552. The number of rotatable bonds is 6. The van der Waals surface area contributed by atoms with E-state index < -0.39 is 18.3 Å². The number of hydrogen-bond acceptors (Lipinski definition) is 4. The number of nitrogens with one attached hydrogen (secondary N) is 3. The van der Waals surface area contributed by atoms with Crippen molar-refractivity contribution in [3.63, 3.8) is 0 Å². The molecule has 9 nitrogen and oxygen atoms in total. The fourth-order valence-corrected chi connectivity index (χ4v) is 2.95. The van der Waals surface area contributed by atoms with Crippen LogP contribution in [-0.2, 0) is 16.0 Å². The third kappa shape index (κ3) is 5.17. The Balaban J connectivity index is 2.08. The standard InChI is InChI=1S/C16H25FN6O3/c1-10(24)21-14(5-12-6-18-9-20-12)15(25)23-8-11(17)4-13(23)7-19-16(26)22(2)3/h6,9,11,13-14H,4-5,7-8H2,1-3H3,(H,18,20)(H,19,26)(H,21,24)/t11-,13-,14-/m0/s1. The second-order valence-corrected chi connectivity index (χ2v) is 6.59. The Kier molecular flexibility index (Phi) is 6.53. The number of nitrogens with zero attached hydrogens (tertiary/aromatic N) is 3. The summed E-state index contributed by atoms with van der Waals surface area (Å²) >= 11 is 0. The molecule has 0 saturated carbocycles. The van der Waals surface area contributed by atoms with E-state index in [0.717, 1.165) is 0 Å². The van der Waals surface area contributed by atoms with Crippen molar-refractivity contribution in [1.29, 1.82) is 0 Å². The summed E-state index contributed by atoms with van der Waals surface area (Å²) in [5.41, 5.74) is 0.686. The molecular weight excluding hydrogens is 343 g/mol. The quantitative estimate of drug-likeness (QED) is 0.638. The highest BCUT2D eigenvalue weighted by Gasteiger charge is 2.38. The van der Waals surface area contributed by atoms with Crippen molar-refractivity contribution in [3.05, 3.63) is 18.2 Å². The van der Waals surface area contributed by atoms with Crippen LogP contribution in [0.5, 0.6) is 0 Å². The van der Waals surface area contributed by atoms with Crippen LogP contribution >= 0.6 is 0 Å². The molecule has 26 heavy (non-hydrogen) atoms. The second kappa shape index (κ2) is 8.63. The fraction of sp³-hybridized carbons (Fsp3) is 0.625. The Hall–Kier alpha value is -2.65. The summed E-state index contributed by atoms with van der Waals surface area (Å²) in [4.78, 5) is 45.7. The maximum absolute atomic E-state index is 13.9. The number of urea groups is 1. The molecule has 1 aliphatic heterocycles. The van der Waals surface area contributed by atoms with Crippen molar-refractivity contribution in [2.75, 3.05) is 27.2 Å². The van der Waals surface area contributed by atoms with Crippen LogP contribution in [0.2, 0.25) is 0 Å². The largest absolute Gasteiger partial charge is 0.348 e. The van der Waals surface area contributed by atoms with E-state index in [1.165, 1.54) is 23.1 Å². The number of carbonyl (C=O) groups is 3. The molecule has 10 heteroatoms. The van der Waals surface area contributed by atoms with E-state index in [-0.39, 0.29) is 43.8 Å². The summed E-state index contributed by atoms with van der Waals surface area (Å²) in [6.45, 7) is 1.42. The number of amides is 4. The minimum Gasteiger partial charge on any atom is -0.348 e. The molecule has 2 rings (SSSR count). The van der Waals surface area contributed by atoms with Gasteiger partial charge in [-0.3, -0.25) is 9.59 Å². The molecule has 1 aromatic rings. The van der Waals surface area contributed by atoms with Gasteiger partial charge in [0, 0.05) is 52.3 Å². The van der Waals surface area contributed by atoms with Gasteiger partial charge in [-0.25, -0.2) is 14.2 Å². The van der Waals surface area contributed by atoms with Crippen molar-refractivity contribution >= 4 is 17.8 Å². The van der Waals surface area contributed by atoms with Gasteiger partial charge in [0.1, 0.15) is 12.2 Å². The van der Waals surface area contributed by atoms with Gasteiger partial charge in [0.15, 0.2) is 0 Å². The zero-order chi connectivity index (χ0) is 19.3. The van der Waals surface area contributed by atoms with Crippen molar-refractivity contribution in [1.82, 2.24) is 30.4 Å². The maximum Gasteiger partial charge on any atom is 0.316 e. The first kappa shape index (κ1) is 19.7. The first-order valence-corrected chi connectivity index (χ1v) is 8.42. The highest BCUT2D eigenvalue weighted by molar-refractivity contribution is 5.87. The van der Waals surface area contributed by atoms with Crippen LogP contribution in [-0.4, -0.2) is 83.1 Å². The number of alkyl halides is 1. The summed E-state index contributed by atoms with van der Waals surface area (Å²) in [7, 11) is 3.20. The molecule has 1 aromatic heterocycles. The van der Waals surface area contributed by atoms with Gasteiger partial charge in [0.05, 0.1) is 18.9 Å². The molecule has 4 amide bonds. The maximum atomic E-state index is 13.9. The molecule has 2 heterocycles. The average molecular weight is 368 g/mol. The molecule has 0 spiro atoms. The van der Waals surface area contributed by atoms with Gasteiger partial charge in [-0.15, -0.1) is 0 Å². The molecule has 0 aromatic carbocycles. The van der Waals surface area contributed by atoms with Crippen molar-refractivity contribution in [2.24, 2.45) is 0 Å². The lowest BCUT2D eigenvalue weighted by molar-refractivity contribution is -0.136. The van der Waals surface area contributed by atoms with Gasteiger partial charge in [-0.05, 0) is 0 Å². The van der Waals surface area contributed by atoms with E-state index in [2.05, 4.69) is 20.6 Å². The third-order valence-electron chi connectivity index (χ3n) is 4.20. The highest BCUT2D eigenvalue weighted by Crippen LogP contribution is 2.21. The molecule has 144 valence electrons. The van der Waals surface area contributed by atoms with Crippen molar-refractivity contribution in [3.8, 4) is 0 Å². The van der Waals surface area contributed by atoms with Gasteiger partial charge in [-0.2, -0.15) is 0 Å². The number of carbonyl (C=O) groups excluding carboxylic acids is 3. The lowest BCUT2D eigenvalue weighted by Gasteiger charge is -2.29. The fourth-order valence-electron chi connectivity index (χ4n) is 2.95. The summed E-state index contributed by atoms with van der Waals surface area (Å²) < 4.78 is 13.9. The van der Waals surface area contributed by atoms with E-state index >= 15 is 0 Å². The number of H-pyrrole nitrogens is 1. The van der Waals surface area contributed by atoms with Gasteiger partial charge in [0.25, 0.3) is 0 Å². The average Bonchev–Trinajstić information content (AvgIpc) is 3.20. The minimum atomic E-state index is -1.16. The van der Waals surface area contributed by atoms with E-state index in [1.807, 2.05) is 0 Å². The predicted molar refractivity (Wildman–Crippen MR) is 92.0 cm³/mol. The molecule has 1 saturated heterocycles. The van der Waals surface area contributed by atoms with E-state index in [4.69, 9.17) is 0 Å². The normalized spacial score (nSPS) is 20.5. The van der Waals surface area contributed by atoms with Crippen molar-refractivity contribution in [2.45, 2.75) is 38.0 Å². The molecule has 1 fully saturated rings. The number of aromatic nitrogens is 2. The molecule has 0 aliphatic carbocycles. The van der Waals surface area contributed by atoms with E-state index in [9.17, 15) is 18.8 Å². The zero-order valence-electron chi connectivity index (χ0n) is 15.2. The molecule has 0 unspecified atom stereocenters. The van der Waals surface area contributed by atoms with Crippen LogP contribution < -0.4 is 10.6 Å². The lowest BCUT2D eigenvalue weighted by Crippen LogP contribution is -2.53. The van der Waals surface area contributed by atoms with Crippen LogP contribution in [0.1, 0.15) is 19.0 Å². The molecule has 3 atom stereocenters. The Labute approximate surface area is 151 Å². The summed E-state index contributed by atoms with van der Waals surface area (Å²) in [6.07, 6.45) is 2.26. The van der Waals surface area contributed by atoms with E-state index in [0.29, 0.717) is 5.69 Å². The summed E-state index contributed by atoms with van der Waals surface area (Å²) in [5.74, 6) is -0.727. The number of likely N-dealkylation sites (tertiary alicyclic amines) is 1. The number of aromatic amines is 1. The molecule has 3 N–H and O–H groups in total. The summed E-state index contributed by atoms with van der Waals surface area (Å²) in [6, 6.07) is -1.60. The predicted octanol–water partition coefficient (Wildman–Crippen LogP) is -0.333. The monoisotopic (exact) mass is 368 g/mol. The van der Waals surface area contributed by atoms with Crippen LogP contribution in [0.3, 0.4) is 0 Å². The Morgan fingerprint density at radius 1 is 1.46 bits per heavy atom. The number of hydrogen-bond donors (Lipinski definition) is 3. The zero-order valence-corrected chi connectivity index (χ0v) is 15.2. The molecule has 0 bridgehead atoms. The second-order valence-electron chi connectivity index (χ2n) is 6.59. The highest BCUT2D eigenvalue weighted by atomic mass is 19.1. The lowest BCUT2D eigenvalue weighted by atomic mass is 10.1. The molecule has 0 radical (unpaired) electrons. The number of halogens is 1. The summed E-state index contributed by atoms with van der Waals surface area (Å²) in [5, 5.41) is 5.30. The molecule has 1 aliphatic rings. The topological polar surface area (TPSA) is 110 Å². The Bertz CT molecular complexity index is 636. The van der Waals surface area contributed by atoms with Crippen LogP contribution in [0.25, 0.3) is 0 Å². The Morgan fingerprint density at radius 3 is 2.77 bits per heavy atom. The van der Waals surface area contributed by atoms with Gasteiger partial charge < -0.3 is 25.4 Å². The Morgan fingerprint density at radius 2 is 2.19 bits per heavy atom.